The quantitative estimate of drug-likeness (QED) is 0.269. The van der Waals surface area contributed by atoms with Crippen molar-refractivity contribution in [3.8, 4) is 22.9 Å². The molecule has 4 heterocycles. The Kier molecular flexibility index (Phi) is 6.85. The van der Waals surface area contributed by atoms with Crippen LogP contribution in [0.4, 0.5) is 8.78 Å². The number of fused-ring (bicyclic) bond motifs is 2. The maximum absolute atomic E-state index is 15.6. The second-order valence-electron chi connectivity index (χ2n) is 11.3. The number of aromatic nitrogens is 5. The van der Waals surface area contributed by atoms with Gasteiger partial charge in [-0.1, -0.05) is 24.8 Å². The van der Waals surface area contributed by atoms with Gasteiger partial charge in [0.1, 0.15) is 23.3 Å². The molecule has 7 rings (SSSR count). The Labute approximate surface area is 247 Å². The third-order valence-corrected chi connectivity index (χ3v) is 8.59. The van der Waals surface area contributed by atoms with Gasteiger partial charge in [0.25, 0.3) is 0 Å². The van der Waals surface area contributed by atoms with Crippen LogP contribution in [0.2, 0.25) is 0 Å². The number of benzene rings is 2. The van der Waals surface area contributed by atoms with Crippen LogP contribution in [0.3, 0.4) is 0 Å². The van der Waals surface area contributed by atoms with Crippen LogP contribution in [-0.2, 0) is 11.2 Å². The number of carbonyl (C=O) groups is 1. The minimum Gasteiger partial charge on any atom is -0.336 e. The molecule has 3 aromatic heterocycles. The maximum Gasteiger partial charge on any atom is 0.246 e. The largest absolute Gasteiger partial charge is 0.336 e. The number of rotatable bonds is 6. The van der Waals surface area contributed by atoms with E-state index in [1.165, 1.54) is 12.1 Å². The average Bonchev–Trinajstić information content (AvgIpc) is 3.74. The highest BCUT2D eigenvalue weighted by Crippen LogP contribution is 2.38. The number of pyridine rings is 1. The van der Waals surface area contributed by atoms with Gasteiger partial charge in [-0.25, -0.2) is 23.4 Å². The Bertz CT molecular complexity index is 1830. The minimum absolute atomic E-state index is 0.0449. The highest BCUT2D eigenvalue weighted by molar-refractivity contribution is 5.87. The summed E-state index contributed by atoms with van der Waals surface area (Å²) < 4.78 is 34.2. The van der Waals surface area contributed by atoms with Crippen molar-refractivity contribution >= 4 is 17.1 Å². The number of amides is 1. The predicted octanol–water partition coefficient (Wildman–Crippen LogP) is 5.50. The summed E-state index contributed by atoms with van der Waals surface area (Å²) in [6.45, 7) is 6.23. The van der Waals surface area contributed by atoms with Crippen LogP contribution >= 0.6 is 0 Å². The molecular weight excluding hydrogens is 548 g/mol. The minimum atomic E-state index is -1.09. The summed E-state index contributed by atoms with van der Waals surface area (Å²) in [6, 6.07) is 17.5. The Hall–Kier alpha value is -4.70. The topological polar surface area (TPSA) is 80.9 Å². The van der Waals surface area contributed by atoms with Crippen molar-refractivity contribution in [3.05, 3.63) is 103 Å². The molecule has 8 nitrogen and oxygen atoms in total. The average molecular weight is 580 g/mol. The summed E-state index contributed by atoms with van der Waals surface area (Å²) in [5.74, 6) is 0.553. The van der Waals surface area contributed by atoms with Gasteiger partial charge in [-0.3, -0.25) is 9.36 Å². The molecule has 10 heteroatoms. The molecule has 0 radical (unpaired) electrons. The monoisotopic (exact) mass is 579 g/mol. The van der Waals surface area contributed by atoms with Gasteiger partial charge >= 0.3 is 0 Å². The van der Waals surface area contributed by atoms with Crippen molar-refractivity contribution < 1.29 is 13.6 Å². The van der Waals surface area contributed by atoms with E-state index in [1.807, 2.05) is 52.8 Å². The number of nitrogens with one attached hydrogen (secondary N) is 1. The molecule has 4 unspecified atom stereocenters. The molecule has 0 spiro atoms. The lowest BCUT2D eigenvalue weighted by molar-refractivity contribution is -0.129. The number of likely N-dealkylation sites (tertiary alicyclic amines) is 1. The standard InChI is InChI=1S/C33H31F2N7O/c1-3-30(43)40-16-13-22(17-20(40)2)37-31-24-10-9-23(18-21(24)19-27(31)35)42-32(25-7-4-5-8-26(25)34)38-28-11-12-29(39-33(28)42)41-15-6-14-36-41/h3-12,14-15,18,20,22,27,31,37H,1,13,16-17,19H2,2H3. The normalized spacial score (nSPS) is 21.7. The lowest BCUT2D eigenvalue weighted by Gasteiger charge is -2.38. The molecule has 0 saturated carbocycles. The van der Waals surface area contributed by atoms with Gasteiger partial charge in [-0.2, -0.15) is 5.10 Å². The lowest BCUT2D eigenvalue weighted by atomic mass is 9.96. The van der Waals surface area contributed by atoms with E-state index in [1.54, 1.807) is 35.3 Å². The number of halogens is 2. The van der Waals surface area contributed by atoms with Gasteiger partial charge in [-0.05, 0) is 79.4 Å². The molecule has 218 valence electrons. The van der Waals surface area contributed by atoms with Crippen molar-refractivity contribution in [2.75, 3.05) is 6.54 Å². The van der Waals surface area contributed by atoms with Crippen LogP contribution in [0.1, 0.15) is 36.9 Å². The zero-order chi connectivity index (χ0) is 29.7. The van der Waals surface area contributed by atoms with Gasteiger partial charge in [0.05, 0.1) is 11.6 Å². The fourth-order valence-electron chi connectivity index (χ4n) is 6.50. The third kappa shape index (κ3) is 4.81. The Morgan fingerprint density at radius 3 is 2.74 bits per heavy atom. The number of imidazole rings is 1. The van der Waals surface area contributed by atoms with Crippen LogP contribution in [0, 0.1) is 5.82 Å². The molecule has 43 heavy (non-hydrogen) atoms. The smallest absolute Gasteiger partial charge is 0.246 e. The van der Waals surface area contributed by atoms with Gasteiger partial charge < -0.3 is 10.2 Å². The Balaban J connectivity index is 1.25. The summed E-state index contributed by atoms with van der Waals surface area (Å²) >= 11 is 0. The number of nitrogens with zero attached hydrogens (tertiary/aromatic N) is 6. The van der Waals surface area contributed by atoms with Crippen LogP contribution in [0.25, 0.3) is 34.1 Å². The van der Waals surface area contributed by atoms with Crippen molar-refractivity contribution in [1.82, 2.24) is 34.5 Å². The number of hydrogen-bond acceptors (Lipinski definition) is 5. The van der Waals surface area contributed by atoms with Crippen molar-refractivity contribution in [1.29, 1.82) is 0 Å². The number of carbonyl (C=O) groups excluding carboxylic acids is 1. The summed E-state index contributed by atoms with van der Waals surface area (Å²) in [5, 5.41) is 7.85. The molecule has 5 aromatic rings. The van der Waals surface area contributed by atoms with Gasteiger partial charge in [0.2, 0.25) is 5.91 Å². The van der Waals surface area contributed by atoms with E-state index in [0.29, 0.717) is 34.9 Å². The Morgan fingerprint density at radius 1 is 1.12 bits per heavy atom. The first-order valence-electron chi connectivity index (χ1n) is 14.5. The first-order valence-corrected chi connectivity index (χ1v) is 14.5. The van der Waals surface area contributed by atoms with E-state index in [9.17, 15) is 4.79 Å². The zero-order valence-corrected chi connectivity index (χ0v) is 23.7. The SMILES string of the molecule is C=CC(=O)N1CCC(NC2c3ccc(-n4c(-c5ccccc5F)nc5ccc(-n6cccn6)nc54)cc3CC2F)CC1C. The van der Waals surface area contributed by atoms with E-state index in [-0.39, 0.29) is 24.4 Å². The van der Waals surface area contributed by atoms with Crippen LogP contribution in [0.5, 0.6) is 0 Å². The van der Waals surface area contributed by atoms with Crippen LogP contribution in [0.15, 0.2) is 85.7 Å². The van der Waals surface area contributed by atoms with E-state index in [2.05, 4.69) is 17.0 Å². The summed E-state index contributed by atoms with van der Waals surface area (Å²) in [7, 11) is 0. The molecule has 2 aliphatic rings. The van der Waals surface area contributed by atoms with E-state index in [4.69, 9.17) is 9.97 Å². The Morgan fingerprint density at radius 2 is 1.98 bits per heavy atom. The lowest BCUT2D eigenvalue weighted by Crippen LogP contribution is -2.50. The fourth-order valence-corrected chi connectivity index (χ4v) is 6.50. The van der Waals surface area contributed by atoms with E-state index < -0.39 is 18.0 Å². The molecule has 1 N–H and O–H groups in total. The first kappa shape index (κ1) is 27.2. The van der Waals surface area contributed by atoms with Gasteiger partial charge in [0, 0.05) is 43.1 Å². The molecule has 4 atom stereocenters. The van der Waals surface area contributed by atoms with E-state index in [0.717, 1.165) is 29.7 Å². The second-order valence-corrected chi connectivity index (χ2v) is 11.3. The molecule has 1 saturated heterocycles. The zero-order valence-electron chi connectivity index (χ0n) is 23.7. The summed E-state index contributed by atoms with van der Waals surface area (Å²) in [6.07, 6.45) is 5.49. The molecule has 1 amide bonds. The first-order chi connectivity index (χ1) is 20.9. The van der Waals surface area contributed by atoms with Crippen LogP contribution < -0.4 is 5.32 Å². The second kappa shape index (κ2) is 10.9. The molecule has 1 aliphatic carbocycles. The number of piperidine rings is 1. The highest BCUT2D eigenvalue weighted by Gasteiger charge is 2.36. The molecular formula is C33H31F2N7O. The third-order valence-electron chi connectivity index (χ3n) is 8.59. The van der Waals surface area contributed by atoms with Gasteiger partial charge in [0.15, 0.2) is 11.5 Å². The summed E-state index contributed by atoms with van der Waals surface area (Å²) in [4.78, 5) is 23.6. The van der Waals surface area contributed by atoms with Crippen LogP contribution in [-0.4, -0.2) is 59.9 Å². The highest BCUT2D eigenvalue weighted by atomic mass is 19.1. The predicted molar refractivity (Wildman–Crippen MR) is 160 cm³/mol. The number of hydrogen-bond donors (Lipinski definition) is 1. The molecule has 0 bridgehead atoms. The molecule has 1 fully saturated rings. The van der Waals surface area contributed by atoms with E-state index >= 15 is 8.78 Å². The van der Waals surface area contributed by atoms with Crippen molar-refractivity contribution in [2.24, 2.45) is 0 Å². The maximum atomic E-state index is 15.6. The molecule has 2 aromatic carbocycles. The summed E-state index contributed by atoms with van der Waals surface area (Å²) in [5.41, 5.74) is 4.02. The van der Waals surface area contributed by atoms with Gasteiger partial charge in [-0.15, -0.1) is 0 Å². The molecule has 1 aliphatic heterocycles. The van der Waals surface area contributed by atoms with Crippen molar-refractivity contribution in [3.63, 3.8) is 0 Å². The fraction of sp³-hybridized carbons (Fsp3) is 0.273. The van der Waals surface area contributed by atoms with Crippen molar-refractivity contribution in [2.45, 2.75) is 50.5 Å². The number of alkyl halides is 1.